The van der Waals surface area contributed by atoms with Gasteiger partial charge < -0.3 is 15.3 Å². The van der Waals surface area contributed by atoms with Crippen LogP contribution in [0.15, 0.2) is 54.9 Å². The van der Waals surface area contributed by atoms with Crippen molar-refractivity contribution in [3.63, 3.8) is 0 Å². The van der Waals surface area contributed by atoms with Gasteiger partial charge in [-0.2, -0.15) is 10.1 Å². The Balaban J connectivity index is 1.34. The molecular formula is C30H38N8O. The minimum atomic E-state index is -0.442. The van der Waals surface area contributed by atoms with Crippen molar-refractivity contribution >= 4 is 22.8 Å². The molecule has 1 saturated heterocycles. The van der Waals surface area contributed by atoms with E-state index in [1.807, 2.05) is 37.5 Å². The highest BCUT2D eigenvalue weighted by atomic mass is 16.3. The van der Waals surface area contributed by atoms with Gasteiger partial charge in [0, 0.05) is 44.0 Å². The van der Waals surface area contributed by atoms with Gasteiger partial charge >= 0.3 is 0 Å². The molecule has 0 radical (unpaired) electrons. The zero-order valence-electron chi connectivity index (χ0n) is 23.0. The molecule has 0 spiro atoms. The molecule has 204 valence electrons. The van der Waals surface area contributed by atoms with Crippen molar-refractivity contribution in [2.75, 3.05) is 36.4 Å². The molecule has 3 unspecified atom stereocenters. The van der Waals surface area contributed by atoms with Crippen LogP contribution >= 0.6 is 0 Å². The summed E-state index contributed by atoms with van der Waals surface area (Å²) in [5.41, 5.74) is 5.08. The Hall–Kier alpha value is -3.56. The van der Waals surface area contributed by atoms with Crippen LogP contribution in [0.3, 0.4) is 0 Å². The second kappa shape index (κ2) is 10.9. The number of piperazine rings is 1. The molecule has 3 atom stereocenters. The average Bonchev–Trinajstić information content (AvgIpc) is 3.73. The largest absolute Gasteiger partial charge is 0.379 e. The van der Waals surface area contributed by atoms with Crippen LogP contribution in [0.2, 0.25) is 0 Å². The molecule has 9 heteroatoms. The average molecular weight is 527 g/mol. The Labute approximate surface area is 229 Å². The van der Waals surface area contributed by atoms with Gasteiger partial charge in [0.25, 0.3) is 0 Å². The third-order valence-corrected chi connectivity index (χ3v) is 8.17. The van der Waals surface area contributed by atoms with E-state index in [4.69, 9.17) is 20.1 Å². The number of hydrogen-bond donors (Lipinski definition) is 2. The number of hydrogen-bond acceptors (Lipinski definition) is 8. The SMILES string of the molecule is CCC(C)n1ncc2nc(N3CCN(C(C)O)CC3)nc(NC(c3ccc(-c4ccccc4)nc3)C3CC3)c21. The quantitative estimate of drug-likeness (QED) is 0.319. The fraction of sp³-hybridized carbons (Fsp3) is 0.467. The molecule has 39 heavy (non-hydrogen) atoms. The normalized spacial score (nSPS) is 18.7. The van der Waals surface area contributed by atoms with Crippen LogP contribution in [0.4, 0.5) is 11.8 Å². The van der Waals surface area contributed by atoms with Crippen molar-refractivity contribution in [2.45, 2.75) is 58.3 Å². The highest BCUT2D eigenvalue weighted by molar-refractivity contribution is 5.87. The smallest absolute Gasteiger partial charge is 0.228 e. The summed E-state index contributed by atoms with van der Waals surface area (Å²) < 4.78 is 2.06. The van der Waals surface area contributed by atoms with Crippen LogP contribution in [-0.4, -0.2) is 67.1 Å². The molecule has 6 rings (SSSR count). The lowest BCUT2D eigenvalue weighted by molar-refractivity contribution is 0.0151. The van der Waals surface area contributed by atoms with Crippen molar-refractivity contribution < 1.29 is 5.11 Å². The first-order valence-corrected chi connectivity index (χ1v) is 14.2. The number of nitrogens with one attached hydrogen (secondary N) is 1. The number of rotatable bonds is 9. The zero-order chi connectivity index (χ0) is 26.9. The first kappa shape index (κ1) is 25.7. The molecule has 4 heterocycles. The fourth-order valence-electron chi connectivity index (χ4n) is 5.41. The summed E-state index contributed by atoms with van der Waals surface area (Å²) in [5, 5.41) is 18.6. The highest BCUT2D eigenvalue weighted by Gasteiger charge is 2.34. The maximum Gasteiger partial charge on any atom is 0.228 e. The number of aromatic nitrogens is 5. The Morgan fingerprint density at radius 2 is 1.74 bits per heavy atom. The second-order valence-electron chi connectivity index (χ2n) is 10.9. The highest BCUT2D eigenvalue weighted by Crippen LogP contribution is 2.43. The van der Waals surface area contributed by atoms with Crippen molar-refractivity contribution in [2.24, 2.45) is 5.92 Å². The predicted molar refractivity (Wildman–Crippen MR) is 155 cm³/mol. The topological polar surface area (TPSA) is 95.2 Å². The molecule has 1 aromatic carbocycles. The number of pyridine rings is 1. The molecule has 2 N–H and O–H groups in total. The molecule has 2 fully saturated rings. The fourth-order valence-corrected chi connectivity index (χ4v) is 5.41. The first-order chi connectivity index (χ1) is 19.0. The Bertz CT molecular complexity index is 1390. The molecule has 1 aliphatic carbocycles. The second-order valence-corrected chi connectivity index (χ2v) is 10.9. The number of nitrogens with zero attached hydrogens (tertiary/aromatic N) is 7. The molecule has 4 aromatic rings. The maximum absolute atomic E-state index is 9.99. The van der Waals surface area contributed by atoms with E-state index in [1.54, 1.807) is 0 Å². The standard InChI is InChI=1S/C30H38N8O/c1-4-20(2)38-28-26(19-32-38)33-30(37-16-14-36(15-17-37)21(3)39)35-29(28)34-27(23-10-11-23)24-12-13-25(31-18-24)22-8-6-5-7-9-22/h5-9,12-13,18-21,23,27,39H,4,10-11,14-17H2,1-3H3,(H,33,34,35). The van der Waals surface area contributed by atoms with E-state index >= 15 is 0 Å². The third kappa shape index (κ3) is 5.33. The van der Waals surface area contributed by atoms with Crippen molar-refractivity contribution in [1.29, 1.82) is 0 Å². The lowest BCUT2D eigenvalue weighted by Crippen LogP contribution is -2.50. The molecule has 0 bridgehead atoms. The third-order valence-electron chi connectivity index (χ3n) is 8.17. The van der Waals surface area contributed by atoms with Gasteiger partial charge in [0.1, 0.15) is 17.3 Å². The van der Waals surface area contributed by atoms with Gasteiger partial charge in [-0.3, -0.25) is 14.6 Å². The van der Waals surface area contributed by atoms with E-state index in [9.17, 15) is 5.11 Å². The zero-order valence-corrected chi connectivity index (χ0v) is 23.0. The van der Waals surface area contributed by atoms with Crippen LogP contribution in [-0.2, 0) is 0 Å². The maximum atomic E-state index is 9.99. The first-order valence-electron chi connectivity index (χ1n) is 14.2. The van der Waals surface area contributed by atoms with Crippen LogP contribution in [0.5, 0.6) is 0 Å². The number of aliphatic hydroxyl groups excluding tert-OH is 1. The minimum Gasteiger partial charge on any atom is -0.379 e. The van der Waals surface area contributed by atoms with Crippen molar-refractivity contribution in [1.82, 2.24) is 29.6 Å². The van der Waals surface area contributed by atoms with E-state index in [0.29, 0.717) is 11.9 Å². The monoisotopic (exact) mass is 526 g/mol. The van der Waals surface area contributed by atoms with Crippen LogP contribution in [0.1, 0.15) is 57.7 Å². The van der Waals surface area contributed by atoms with E-state index in [0.717, 1.165) is 60.7 Å². The number of aliphatic hydroxyl groups is 1. The van der Waals surface area contributed by atoms with Gasteiger partial charge in [0.05, 0.1) is 17.9 Å². The molecule has 0 amide bonds. The lowest BCUT2D eigenvalue weighted by atomic mass is 10.0. The summed E-state index contributed by atoms with van der Waals surface area (Å²) in [6.07, 6.45) is 6.78. The molecule has 9 nitrogen and oxygen atoms in total. The number of anilines is 2. The van der Waals surface area contributed by atoms with Crippen LogP contribution < -0.4 is 10.2 Å². The van der Waals surface area contributed by atoms with E-state index in [2.05, 4.69) is 57.9 Å². The molecule has 2 aliphatic rings. The summed E-state index contributed by atoms with van der Waals surface area (Å²) in [5.74, 6) is 2.08. The van der Waals surface area contributed by atoms with Gasteiger partial charge in [-0.15, -0.1) is 0 Å². The Kier molecular flexibility index (Phi) is 7.18. The number of fused-ring (bicyclic) bond motifs is 1. The Morgan fingerprint density at radius 3 is 2.38 bits per heavy atom. The van der Waals surface area contributed by atoms with Gasteiger partial charge in [-0.1, -0.05) is 43.3 Å². The summed E-state index contributed by atoms with van der Waals surface area (Å²) in [6.45, 7) is 9.27. The van der Waals surface area contributed by atoms with Crippen molar-refractivity contribution in [3.8, 4) is 11.3 Å². The summed E-state index contributed by atoms with van der Waals surface area (Å²) in [6, 6.07) is 15.0. The van der Waals surface area contributed by atoms with Gasteiger partial charge in [-0.05, 0) is 50.7 Å². The predicted octanol–water partition coefficient (Wildman–Crippen LogP) is 4.88. The Morgan fingerprint density at radius 1 is 0.974 bits per heavy atom. The number of benzene rings is 1. The molecule has 1 saturated carbocycles. The lowest BCUT2D eigenvalue weighted by Gasteiger charge is -2.36. The van der Waals surface area contributed by atoms with Crippen molar-refractivity contribution in [3.05, 3.63) is 60.4 Å². The van der Waals surface area contributed by atoms with Crippen LogP contribution in [0.25, 0.3) is 22.3 Å². The van der Waals surface area contributed by atoms with Gasteiger partial charge in [0.2, 0.25) is 5.95 Å². The summed E-state index contributed by atoms with van der Waals surface area (Å²) in [7, 11) is 0. The van der Waals surface area contributed by atoms with Crippen LogP contribution in [0, 0.1) is 5.92 Å². The minimum absolute atomic E-state index is 0.112. The van der Waals surface area contributed by atoms with Gasteiger partial charge in [-0.25, -0.2) is 4.98 Å². The molecule has 3 aromatic heterocycles. The van der Waals surface area contributed by atoms with E-state index in [1.165, 1.54) is 18.4 Å². The van der Waals surface area contributed by atoms with Gasteiger partial charge in [0.15, 0.2) is 5.82 Å². The molecule has 1 aliphatic heterocycles. The molecular weight excluding hydrogens is 488 g/mol. The van der Waals surface area contributed by atoms with E-state index < -0.39 is 6.23 Å². The summed E-state index contributed by atoms with van der Waals surface area (Å²) in [4.78, 5) is 19.2. The van der Waals surface area contributed by atoms with E-state index in [-0.39, 0.29) is 12.1 Å². The summed E-state index contributed by atoms with van der Waals surface area (Å²) >= 11 is 0.